The van der Waals surface area contributed by atoms with Crippen LogP contribution < -0.4 is 0 Å². The molecule has 8 heteroatoms. The smallest absolute Gasteiger partial charge is 0.0998 e. The minimum atomic E-state index is 0.398. The Kier molecular flexibility index (Phi) is 8.23. The zero-order valence-corrected chi connectivity index (χ0v) is 31.6. The highest BCUT2D eigenvalue weighted by Gasteiger charge is 2.24. The Bertz CT molecular complexity index is 3400. The lowest BCUT2D eigenvalue weighted by atomic mass is 9.97. The second kappa shape index (κ2) is 14.0. The summed E-state index contributed by atoms with van der Waals surface area (Å²) >= 11 is 0. The molecule has 0 aliphatic carbocycles. The summed E-state index contributed by atoms with van der Waals surface area (Å²) < 4.78 is 4.37. The van der Waals surface area contributed by atoms with Gasteiger partial charge in [-0.3, -0.25) is 4.98 Å². The number of hydrogen-bond acceptors (Lipinski definition) is 6. The molecular weight excluding hydrogens is 737 g/mol. The molecule has 0 unspecified atom stereocenters. The summed E-state index contributed by atoms with van der Waals surface area (Å²) in [6.07, 6.45) is 3.68. The van der Waals surface area contributed by atoms with Crippen molar-refractivity contribution in [1.82, 2.24) is 14.1 Å². The average Bonchev–Trinajstić information content (AvgIpc) is 3.82. The van der Waals surface area contributed by atoms with Crippen LogP contribution in [0.1, 0.15) is 27.8 Å². The molecule has 60 heavy (non-hydrogen) atoms. The summed E-state index contributed by atoms with van der Waals surface area (Å²) in [7, 11) is 0. The van der Waals surface area contributed by atoms with Crippen molar-refractivity contribution in [1.29, 1.82) is 26.3 Å². The Hall–Kier alpha value is -9.26. The molecule has 7 aromatic carbocycles. The van der Waals surface area contributed by atoms with E-state index in [-0.39, 0.29) is 0 Å². The van der Waals surface area contributed by atoms with Gasteiger partial charge < -0.3 is 9.13 Å². The molecule has 3 aromatic heterocycles. The van der Waals surface area contributed by atoms with Crippen molar-refractivity contribution < 1.29 is 0 Å². The van der Waals surface area contributed by atoms with Crippen molar-refractivity contribution in [3.63, 3.8) is 0 Å². The van der Waals surface area contributed by atoms with Gasteiger partial charge in [0.15, 0.2) is 0 Å². The predicted octanol–water partition coefficient (Wildman–Crippen LogP) is 11.6. The van der Waals surface area contributed by atoms with Gasteiger partial charge in [-0.15, -0.1) is 0 Å². The van der Waals surface area contributed by atoms with E-state index < -0.39 is 0 Å². The number of fused-ring (bicyclic) bond motifs is 6. The Morgan fingerprint density at radius 2 is 0.783 bits per heavy atom. The number of rotatable bonds is 5. The maximum absolute atomic E-state index is 10.6. The van der Waals surface area contributed by atoms with E-state index in [1.165, 1.54) is 0 Å². The molecule has 0 atom stereocenters. The van der Waals surface area contributed by atoms with E-state index in [2.05, 4.69) is 88.0 Å². The maximum Gasteiger partial charge on any atom is 0.0998 e. The molecule has 0 radical (unpaired) electrons. The molecule has 274 valence electrons. The molecule has 0 aliphatic heterocycles. The second-order valence-electron chi connectivity index (χ2n) is 14.4. The zero-order chi connectivity index (χ0) is 40.9. The van der Waals surface area contributed by atoms with Gasteiger partial charge in [-0.1, -0.05) is 78.9 Å². The summed E-state index contributed by atoms with van der Waals surface area (Å²) in [5.74, 6) is 0. The summed E-state index contributed by atoms with van der Waals surface area (Å²) in [5, 5.41) is 53.9. The van der Waals surface area contributed by atoms with Gasteiger partial charge in [-0.25, -0.2) is 0 Å². The van der Waals surface area contributed by atoms with E-state index in [0.717, 1.165) is 88.4 Å². The van der Waals surface area contributed by atoms with Gasteiger partial charge in [0.05, 0.1) is 104 Å². The molecule has 0 saturated heterocycles. The molecule has 8 nitrogen and oxygen atoms in total. The second-order valence-corrected chi connectivity index (χ2v) is 14.4. The van der Waals surface area contributed by atoms with Crippen LogP contribution >= 0.6 is 0 Å². The van der Waals surface area contributed by atoms with Crippen LogP contribution in [0.25, 0.3) is 88.4 Å². The fourth-order valence-electron chi connectivity index (χ4n) is 8.52. The van der Waals surface area contributed by atoms with Gasteiger partial charge in [0.2, 0.25) is 0 Å². The number of nitrogens with zero attached hydrogens (tertiary/aromatic N) is 8. The van der Waals surface area contributed by atoms with Crippen LogP contribution in [0.4, 0.5) is 0 Å². The Morgan fingerprint density at radius 3 is 1.23 bits per heavy atom. The zero-order valence-electron chi connectivity index (χ0n) is 31.6. The summed E-state index contributed by atoms with van der Waals surface area (Å²) in [6.45, 7) is 0. The molecule has 0 aliphatic rings. The monoisotopic (exact) mass is 762 g/mol. The highest BCUT2D eigenvalue weighted by Crippen LogP contribution is 2.43. The van der Waals surface area contributed by atoms with Crippen LogP contribution in [0.15, 0.2) is 158 Å². The van der Waals surface area contributed by atoms with E-state index in [1.54, 1.807) is 36.4 Å². The molecule has 0 spiro atoms. The lowest BCUT2D eigenvalue weighted by Crippen LogP contribution is -2.05. The van der Waals surface area contributed by atoms with E-state index >= 15 is 0 Å². The minimum Gasteiger partial charge on any atom is -0.307 e. The molecule has 0 bridgehead atoms. The lowest BCUT2D eigenvalue weighted by Gasteiger charge is -2.20. The van der Waals surface area contributed by atoms with Crippen molar-refractivity contribution in [2.45, 2.75) is 0 Å². The third kappa shape index (κ3) is 5.53. The third-order valence-electron chi connectivity index (χ3n) is 11.1. The summed E-state index contributed by atoms with van der Waals surface area (Å²) in [5.41, 5.74) is 11.8. The molecule has 3 heterocycles. The first kappa shape index (κ1) is 35.2. The molecule has 0 amide bonds. The SMILES string of the molecule is N#Cc1cc(C#N)cc(-c2ccc3c4ccccc4n(-c4cncc(-n5c6ccccc6c6ccc(-c7cc(C#N)cc(C#N)c7)cc65)c4-c4ccccc4C#N)c3c2)c1. The minimum absolute atomic E-state index is 0.398. The van der Waals surface area contributed by atoms with Crippen molar-refractivity contribution >= 4 is 43.6 Å². The van der Waals surface area contributed by atoms with Gasteiger partial charge in [0.25, 0.3) is 0 Å². The van der Waals surface area contributed by atoms with Crippen LogP contribution in [-0.2, 0) is 0 Å². The van der Waals surface area contributed by atoms with E-state index in [1.807, 2.05) is 73.1 Å². The first-order valence-corrected chi connectivity index (χ1v) is 19.0. The quantitative estimate of drug-likeness (QED) is 0.171. The molecule has 10 rings (SSSR count). The average molecular weight is 763 g/mol. The molecule has 0 fully saturated rings. The van der Waals surface area contributed by atoms with Crippen LogP contribution in [0.5, 0.6) is 0 Å². The maximum atomic E-state index is 10.6. The number of aromatic nitrogens is 3. The standard InChI is InChI=1S/C52H26N8/c53-25-32-17-33(26-54)20-39(19-32)36-13-15-44-42-9-3-5-11-46(42)59(48(44)23-36)50-30-58-31-51(52(50)41-8-2-1-7-38(41)29-57)60-47-12-6-4-10-43(47)45-16-14-37(24-49(45)60)40-21-34(27-55)18-35(22-40)28-56/h1-24,30-31H. The molecule has 0 saturated carbocycles. The fraction of sp³-hybridized carbons (Fsp3) is 0. The van der Waals surface area contributed by atoms with Gasteiger partial charge >= 0.3 is 0 Å². The van der Waals surface area contributed by atoms with Gasteiger partial charge in [-0.2, -0.15) is 26.3 Å². The number of hydrogen-bond donors (Lipinski definition) is 0. The van der Waals surface area contributed by atoms with Crippen LogP contribution in [0, 0.1) is 56.7 Å². The molecular formula is C52H26N8. The lowest BCUT2D eigenvalue weighted by molar-refractivity contribution is 1.09. The van der Waals surface area contributed by atoms with Crippen molar-refractivity contribution in [3.8, 4) is 75.1 Å². The highest BCUT2D eigenvalue weighted by atomic mass is 15.0. The number of pyridine rings is 1. The Labute approximate surface area is 343 Å². The topological polar surface area (TPSA) is 142 Å². The number of nitriles is 5. The summed E-state index contributed by atoms with van der Waals surface area (Å²) in [6, 6.07) is 57.8. The van der Waals surface area contributed by atoms with Crippen molar-refractivity contribution in [3.05, 3.63) is 186 Å². The first-order chi connectivity index (χ1) is 29.5. The fourth-order valence-corrected chi connectivity index (χ4v) is 8.52. The van der Waals surface area contributed by atoms with Crippen LogP contribution in [0.3, 0.4) is 0 Å². The predicted molar refractivity (Wildman–Crippen MR) is 233 cm³/mol. The normalized spacial score (nSPS) is 10.9. The van der Waals surface area contributed by atoms with Crippen molar-refractivity contribution in [2.75, 3.05) is 0 Å². The largest absolute Gasteiger partial charge is 0.307 e. The number of para-hydroxylation sites is 2. The highest BCUT2D eigenvalue weighted by molar-refractivity contribution is 6.13. The number of benzene rings is 7. The molecule has 0 N–H and O–H groups in total. The third-order valence-corrected chi connectivity index (χ3v) is 11.1. The first-order valence-electron chi connectivity index (χ1n) is 19.0. The Morgan fingerprint density at radius 1 is 0.367 bits per heavy atom. The van der Waals surface area contributed by atoms with Crippen LogP contribution in [-0.4, -0.2) is 14.1 Å². The van der Waals surface area contributed by atoms with Crippen LogP contribution in [0.2, 0.25) is 0 Å². The molecule has 10 aromatic rings. The van der Waals surface area contributed by atoms with E-state index in [0.29, 0.717) is 27.8 Å². The summed E-state index contributed by atoms with van der Waals surface area (Å²) in [4.78, 5) is 4.95. The van der Waals surface area contributed by atoms with E-state index in [4.69, 9.17) is 4.98 Å². The van der Waals surface area contributed by atoms with Gasteiger partial charge in [-0.05, 0) is 89.0 Å². The van der Waals surface area contributed by atoms with Gasteiger partial charge in [0, 0.05) is 32.7 Å². The van der Waals surface area contributed by atoms with Gasteiger partial charge in [0.1, 0.15) is 0 Å². The van der Waals surface area contributed by atoms with E-state index in [9.17, 15) is 26.3 Å². The Balaban J connectivity index is 1.32. The van der Waals surface area contributed by atoms with Crippen molar-refractivity contribution in [2.24, 2.45) is 0 Å².